The molecule has 18 nitrogen and oxygen atoms in total. The summed E-state index contributed by atoms with van der Waals surface area (Å²) in [6.07, 6.45) is 10.7. The van der Waals surface area contributed by atoms with Crippen molar-refractivity contribution in [1.82, 2.24) is 19.6 Å². The second kappa shape index (κ2) is 20.3. The third-order valence-electron chi connectivity index (χ3n) is 16.7. The summed E-state index contributed by atoms with van der Waals surface area (Å²) in [6, 6.07) is 20.5. The van der Waals surface area contributed by atoms with Gasteiger partial charge in [-0.3, -0.25) is 19.8 Å². The average Bonchev–Trinajstić information content (AvgIpc) is 4.07. The number of sulfonamides is 1. The lowest BCUT2D eigenvalue weighted by Crippen LogP contribution is -2.54. The van der Waals surface area contributed by atoms with Crippen molar-refractivity contribution in [2.45, 2.75) is 126 Å². The van der Waals surface area contributed by atoms with Gasteiger partial charge in [0.1, 0.15) is 30.7 Å². The predicted molar refractivity (Wildman–Crippen MR) is 278 cm³/mol. The Morgan fingerprint density at radius 1 is 0.986 bits per heavy atom. The first-order chi connectivity index (χ1) is 35.6. The first-order valence-corrected chi connectivity index (χ1v) is 27.8. The van der Waals surface area contributed by atoms with Crippen LogP contribution in [0.3, 0.4) is 0 Å². The molecule has 4 aliphatic heterocycles. The number of anilines is 2. The maximum atomic E-state index is 14.5. The molecule has 74 heavy (non-hydrogen) atoms. The van der Waals surface area contributed by atoms with Crippen molar-refractivity contribution in [1.29, 1.82) is 0 Å². The molecule has 6 heterocycles. The van der Waals surface area contributed by atoms with Crippen LogP contribution in [0.15, 0.2) is 77.8 Å². The number of fused-ring (bicyclic) bond motifs is 2. The Morgan fingerprint density at radius 2 is 1.78 bits per heavy atom. The Kier molecular flexibility index (Phi) is 13.7. The molecule has 11 rings (SSSR count). The molecule has 394 valence electrons. The molecule has 4 N–H and O–H groups in total. The van der Waals surface area contributed by atoms with Gasteiger partial charge in [0, 0.05) is 60.6 Å². The second-order valence-corrected chi connectivity index (χ2v) is 23.7. The number of H-pyrrole nitrogens is 1. The Morgan fingerprint density at radius 3 is 2.54 bits per heavy atom. The standard InChI is InChI=1S/C55H67N7O11S/c1-34(2)41-7-4-5-8-42(41)45-9-6-20-61(45)38-29-55(30-38)17-21-60(22-18-55)37-10-11-43(47(26-37)73-49-25-36-14-19-56-51(36)58-53(49)72-32-39-31-69-23-24-70-39)52(63)59-74(67,68)40-27-46(62(65)66)50-48(28-40)71-33-44(57-50)35-12-15-54(3,64)16-13-35/h4-5,7-8,10-11,14,19,25-28,34-35,38-39,44-45,57,64H,6,9,12-13,15-18,20-24,29-33H2,1-3H3,(H,56,58)(H,59,63)/t35-,39-,44+,45+,54-/m0/s1. The Labute approximate surface area is 431 Å². The molecule has 2 aromatic heterocycles. The van der Waals surface area contributed by atoms with Crippen LogP contribution < -0.4 is 29.1 Å². The topological polar surface area (TPSA) is 220 Å². The number of benzene rings is 3. The molecule has 3 saturated heterocycles. The van der Waals surface area contributed by atoms with Gasteiger partial charge in [-0.1, -0.05) is 38.1 Å². The lowest BCUT2D eigenvalue weighted by Gasteiger charge is -2.56. The minimum Gasteiger partial charge on any atom is -0.489 e. The maximum absolute atomic E-state index is 14.5. The van der Waals surface area contributed by atoms with E-state index >= 15 is 0 Å². The molecule has 5 aromatic rings. The number of aliphatic hydroxyl groups is 1. The molecule has 0 radical (unpaired) electrons. The van der Waals surface area contributed by atoms with Crippen molar-refractivity contribution in [3.63, 3.8) is 0 Å². The van der Waals surface area contributed by atoms with Crippen molar-refractivity contribution < 1.29 is 46.9 Å². The van der Waals surface area contributed by atoms with Crippen LogP contribution in [0, 0.1) is 21.4 Å². The van der Waals surface area contributed by atoms with Crippen molar-refractivity contribution in [3.05, 3.63) is 99.7 Å². The van der Waals surface area contributed by atoms with E-state index in [1.54, 1.807) is 37.4 Å². The number of nitro benzene ring substituents is 1. The number of nitro groups is 1. The van der Waals surface area contributed by atoms with Crippen LogP contribution in [-0.4, -0.2) is 116 Å². The number of rotatable bonds is 14. The first kappa shape index (κ1) is 50.2. The highest BCUT2D eigenvalue weighted by molar-refractivity contribution is 7.90. The summed E-state index contributed by atoms with van der Waals surface area (Å²) in [5.41, 5.74) is 3.23. The second-order valence-electron chi connectivity index (χ2n) is 22.0. The summed E-state index contributed by atoms with van der Waals surface area (Å²) in [6.45, 7) is 10.6. The van der Waals surface area contributed by atoms with Crippen LogP contribution in [-0.2, 0) is 19.5 Å². The summed E-state index contributed by atoms with van der Waals surface area (Å²) in [4.78, 5) is 38.7. The maximum Gasteiger partial charge on any atom is 0.297 e. The van der Waals surface area contributed by atoms with E-state index in [9.17, 15) is 28.4 Å². The minimum absolute atomic E-state index is 0.0155. The van der Waals surface area contributed by atoms with Gasteiger partial charge in [0.25, 0.3) is 27.5 Å². The minimum atomic E-state index is -4.74. The van der Waals surface area contributed by atoms with Gasteiger partial charge in [-0.2, -0.15) is 4.98 Å². The largest absolute Gasteiger partial charge is 0.489 e. The Balaban J connectivity index is 0.843. The van der Waals surface area contributed by atoms with Gasteiger partial charge < -0.3 is 44.0 Å². The van der Waals surface area contributed by atoms with Gasteiger partial charge in [0.05, 0.1) is 46.8 Å². The monoisotopic (exact) mass is 1030 g/mol. The Hall–Kier alpha value is -5.99. The highest BCUT2D eigenvalue weighted by atomic mass is 32.2. The van der Waals surface area contributed by atoms with E-state index in [-0.39, 0.29) is 71.1 Å². The van der Waals surface area contributed by atoms with Crippen molar-refractivity contribution in [3.8, 4) is 23.1 Å². The number of aromatic nitrogens is 2. The highest BCUT2D eigenvalue weighted by Crippen LogP contribution is 2.54. The molecule has 2 saturated carbocycles. The van der Waals surface area contributed by atoms with Gasteiger partial charge in [0.15, 0.2) is 17.2 Å². The van der Waals surface area contributed by atoms with Crippen LogP contribution >= 0.6 is 0 Å². The number of nitrogens with one attached hydrogen (secondary N) is 3. The van der Waals surface area contributed by atoms with Crippen LogP contribution in [0.5, 0.6) is 23.1 Å². The zero-order chi connectivity index (χ0) is 51.4. The lowest BCUT2D eigenvalue weighted by atomic mass is 9.59. The molecular weight excluding hydrogens is 967 g/mol. The van der Waals surface area contributed by atoms with Gasteiger partial charge in [-0.15, -0.1) is 0 Å². The number of ether oxygens (including phenoxy) is 5. The van der Waals surface area contributed by atoms with Gasteiger partial charge in [-0.25, -0.2) is 13.1 Å². The number of likely N-dealkylation sites (tertiary alicyclic amines) is 1. The fourth-order valence-electron chi connectivity index (χ4n) is 12.4. The van der Waals surface area contributed by atoms with Crippen molar-refractivity contribution in [2.75, 3.05) is 62.9 Å². The van der Waals surface area contributed by atoms with Crippen molar-refractivity contribution in [2.24, 2.45) is 11.3 Å². The lowest BCUT2D eigenvalue weighted by molar-refractivity contribution is -0.384. The fraction of sp³-hybridized carbons (Fsp3) is 0.527. The van der Waals surface area contributed by atoms with E-state index in [4.69, 9.17) is 28.7 Å². The third-order valence-corrected chi connectivity index (χ3v) is 18.0. The third kappa shape index (κ3) is 10.2. The van der Waals surface area contributed by atoms with E-state index in [2.05, 4.69) is 62.9 Å². The van der Waals surface area contributed by atoms with E-state index < -0.39 is 37.0 Å². The SMILES string of the molecule is CC(C)c1ccccc1[C@H]1CCCN1C1CC2(CCN(c3ccc(C(=O)NS(=O)(=O)c4cc5c(c([N+](=O)[O-])c4)N[C@@H]([C@H]4CC[C@](C)(O)CC4)CO5)c(Oc4cc5cc[nH]c5nc4OC[C@@H]4COCCO4)c3)CC2)C1. The van der Waals surface area contributed by atoms with Crippen molar-refractivity contribution >= 4 is 44.0 Å². The summed E-state index contributed by atoms with van der Waals surface area (Å²) >= 11 is 0. The number of aromatic amines is 1. The number of pyridine rings is 1. The predicted octanol–water partition coefficient (Wildman–Crippen LogP) is 9.00. The molecule has 2 aliphatic carbocycles. The first-order valence-electron chi connectivity index (χ1n) is 26.3. The zero-order valence-electron chi connectivity index (χ0n) is 42.3. The quantitative estimate of drug-likeness (QED) is 0.0602. The molecule has 0 bridgehead atoms. The molecule has 3 aromatic carbocycles. The number of piperidine rings is 1. The molecule has 19 heteroatoms. The van der Waals surface area contributed by atoms with E-state index in [1.165, 1.54) is 42.9 Å². The molecule has 1 amide bonds. The van der Waals surface area contributed by atoms with Crippen LogP contribution in [0.4, 0.5) is 17.1 Å². The Bertz CT molecular complexity index is 3000. The summed E-state index contributed by atoms with van der Waals surface area (Å²) in [7, 11) is -4.74. The summed E-state index contributed by atoms with van der Waals surface area (Å²) in [5, 5.41) is 27.0. The number of carbonyl (C=O) groups is 1. The number of hydrogen-bond donors (Lipinski definition) is 4. The molecule has 3 atom stereocenters. The average molecular weight is 1030 g/mol. The highest BCUT2D eigenvalue weighted by Gasteiger charge is 2.50. The molecular formula is C55H67N7O11S. The van der Waals surface area contributed by atoms with E-state index in [1.807, 2.05) is 6.07 Å². The summed E-state index contributed by atoms with van der Waals surface area (Å²) < 4.78 is 60.9. The van der Waals surface area contributed by atoms with E-state index in [0.717, 1.165) is 44.2 Å². The van der Waals surface area contributed by atoms with Gasteiger partial charge in [0.2, 0.25) is 0 Å². The molecule has 5 fully saturated rings. The normalized spacial score (nSPS) is 25.2. The number of hydrogen-bond acceptors (Lipinski definition) is 15. The van der Waals surface area contributed by atoms with Gasteiger partial charge >= 0.3 is 0 Å². The molecule has 0 unspecified atom stereocenters. The van der Waals surface area contributed by atoms with Crippen LogP contribution in [0.2, 0.25) is 0 Å². The number of carbonyl (C=O) groups excluding carboxylic acids is 1. The molecule has 6 aliphatic rings. The smallest absolute Gasteiger partial charge is 0.297 e. The summed E-state index contributed by atoms with van der Waals surface area (Å²) in [5.74, 6) is -0.104. The van der Waals surface area contributed by atoms with Crippen LogP contribution in [0.1, 0.15) is 118 Å². The van der Waals surface area contributed by atoms with Gasteiger partial charge in [-0.05, 0) is 130 Å². The van der Waals surface area contributed by atoms with Crippen LogP contribution in [0.25, 0.3) is 11.0 Å². The molecule has 1 spiro atoms. The zero-order valence-corrected chi connectivity index (χ0v) is 43.2. The number of nitrogens with zero attached hydrogens (tertiary/aromatic N) is 4. The van der Waals surface area contributed by atoms with E-state index in [0.29, 0.717) is 74.5 Å². The number of amides is 1. The fourth-order valence-corrected chi connectivity index (χ4v) is 13.4.